The molecule has 1 saturated carbocycles. The number of hydrogen-bond acceptors (Lipinski definition) is 7. The minimum atomic E-state index is -4.46. The van der Waals surface area contributed by atoms with Gasteiger partial charge in [-0.2, -0.15) is 13.2 Å². The quantitative estimate of drug-likeness (QED) is 0.481. The molecule has 0 spiro atoms. The maximum atomic E-state index is 12.6. The molecule has 0 unspecified atom stereocenters. The zero-order valence-corrected chi connectivity index (χ0v) is 19.9. The number of halogens is 3. The Morgan fingerprint density at radius 1 is 0.889 bits per heavy atom. The van der Waals surface area contributed by atoms with Gasteiger partial charge in [-0.05, 0) is 42.7 Å². The van der Waals surface area contributed by atoms with Crippen LogP contribution in [-0.2, 0) is 19.3 Å². The summed E-state index contributed by atoms with van der Waals surface area (Å²) in [6, 6.07) is 15.1. The maximum Gasteiger partial charge on any atom is 0.433 e. The van der Waals surface area contributed by atoms with Crippen LogP contribution in [0.3, 0.4) is 0 Å². The third kappa shape index (κ3) is 6.04. The number of ether oxygens (including phenoxy) is 1. The minimum absolute atomic E-state index is 0.0502. The molecule has 7 nitrogen and oxygen atoms in total. The van der Waals surface area contributed by atoms with Crippen LogP contribution in [0.2, 0.25) is 0 Å². The molecule has 2 aromatic heterocycles. The van der Waals surface area contributed by atoms with E-state index >= 15 is 0 Å². The number of rotatable bonds is 8. The molecule has 1 aliphatic carbocycles. The summed E-state index contributed by atoms with van der Waals surface area (Å²) in [7, 11) is 0. The molecule has 5 rings (SSSR count). The second-order valence-corrected chi connectivity index (χ2v) is 9.22. The highest BCUT2D eigenvalue weighted by atomic mass is 19.4. The van der Waals surface area contributed by atoms with Crippen molar-refractivity contribution in [2.24, 2.45) is 0 Å². The number of anilines is 2. The molecule has 1 aromatic carbocycles. The van der Waals surface area contributed by atoms with Gasteiger partial charge in [0.2, 0.25) is 5.88 Å². The molecular weight excluding hydrogens is 469 g/mol. The molecule has 0 bridgehead atoms. The molecule has 3 aromatic rings. The van der Waals surface area contributed by atoms with Crippen LogP contribution in [0.15, 0.2) is 54.7 Å². The summed E-state index contributed by atoms with van der Waals surface area (Å²) in [6.45, 7) is 5.11. The molecule has 1 aliphatic heterocycles. The largest absolute Gasteiger partial charge is 0.472 e. The standard InChI is InChI=1S/C26H29F3N6O/c27-26(28,29)23-9-6-20(17-30-23)18-36-25-11-10-24(32-33-25)31-16-19-4-7-22(8-5-19)35-14-12-34(13-15-35)21-2-1-3-21/h4-11,17,21H,1-3,12-16,18H2,(H,31,32). The van der Waals surface area contributed by atoms with Crippen molar-refractivity contribution in [3.63, 3.8) is 0 Å². The summed E-state index contributed by atoms with van der Waals surface area (Å²) in [5.41, 5.74) is 1.98. The molecular formula is C26H29F3N6O. The van der Waals surface area contributed by atoms with Crippen LogP contribution >= 0.6 is 0 Å². The highest BCUT2D eigenvalue weighted by Gasteiger charge is 2.32. The molecule has 3 heterocycles. The average molecular weight is 499 g/mol. The number of hydrogen-bond donors (Lipinski definition) is 1. The molecule has 10 heteroatoms. The fourth-order valence-electron chi connectivity index (χ4n) is 4.44. The summed E-state index contributed by atoms with van der Waals surface area (Å²) in [5, 5.41) is 11.4. The molecule has 2 aliphatic rings. The van der Waals surface area contributed by atoms with E-state index in [-0.39, 0.29) is 12.5 Å². The number of aromatic nitrogens is 3. The van der Waals surface area contributed by atoms with Crippen LogP contribution in [0.25, 0.3) is 0 Å². The third-order valence-electron chi connectivity index (χ3n) is 6.82. The van der Waals surface area contributed by atoms with E-state index in [2.05, 4.69) is 54.6 Å². The van der Waals surface area contributed by atoms with Gasteiger partial charge in [-0.3, -0.25) is 9.88 Å². The van der Waals surface area contributed by atoms with E-state index in [4.69, 9.17) is 4.74 Å². The van der Waals surface area contributed by atoms with E-state index in [9.17, 15) is 13.2 Å². The molecule has 190 valence electrons. The zero-order chi connectivity index (χ0) is 25.0. The van der Waals surface area contributed by atoms with Crippen LogP contribution < -0.4 is 15.0 Å². The van der Waals surface area contributed by atoms with E-state index in [1.165, 1.54) is 31.0 Å². The van der Waals surface area contributed by atoms with Crippen molar-refractivity contribution in [1.29, 1.82) is 0 Å². The zero-order valence-electron chi connectivity index (χ0n) is 19.9. The van der Waals surface area contributed by atoms with E-state index < -0.39 is 11.9 Å². The summed E-state index contributed by atoms with van der Waals surface area (Å²) in [6.07, 6.45) is 0.797. The van der Waals surface area contributed by atoms with E-state index in [0.29, 0.717) is 17.9 Å². The summed E-state index contributed by atoms with van der Waals surface area (Å²) >= 11 is 0. The Morgan fingerprint density at radius 3 is 2.22 bits per heavy atom. The Bertz CT molecular complexity index is 1110. The molecule has 2 fully saturated rings. The van der Waals surface area contributed by atoms with Gasteiger partial charge in [-0.25, -0.2) is 0 Å². The topological polar surface area (TPSA) is 66.4 Å². The van der Waals surface area contributed by atoms with Crippen LogP contribution in [0.5, 0.6) is 5.88 Å². The summed E-state index contributed by atoms with van der Waals surface area (Å²) in [4.78, 5) is 8.52. The highest BCUT2D eigenvalue weighted by molar-refractivity contribution is 5.48. The first-order valence-electron chi connectivity index (χ1n) is 12.2. The van der Waals surface area contributed by atoms with Crippen LogP contribution in [0, 0.1) is 0 Å². The van der Waals surface area contributed by atoms with Gasteiger partial charge in [0.05, 0.1) is 0 Å². The Hall–Kier alpha value is -3.40. The first-order chi connectivity index (χ1) is 17.4. The Labute approximate surface area is 208 Å². The van der Waals surface area contributed by atoms with E-state index in [1.807, 2.05) is 0 Å². The van der Waals surface area contributed by atoms with E-state index in [1.54, 1.807) is 12.1 Å². The first-order valence-corrected chi connectivity index (χ1v) is 12.2. The molecule has 36 heavy (non-hydrogen) atoms. The average Bonchev–Trinajstić information content (AvgIpc) is 2.86. The number of nitrogens with one attached hydrogen (secondary N) is 1. The second kappa shape index (κ2) is 10.7. The highest BCUT2D eigenvalue weighted by Crippen LogP contribution is 2.28. The van der Waals surface area contributed by atoms with Gasteiger partial charge in [0, 0.05) is 62.3 Å². The molecule has 1 N–H and O–H groups in total. The minimum Gasteiger partial charge on any atom is -0.472 e. The predicted octanol–water partition coefficient (Wildman–Crippen LogP) is 4.76. The molecule has 0 radical (unpaired) electrons. The van der Waals surface area contributed by atoms with Gasteiger partial charge in [0.25, 0.3) is 0 Å². The lowest BCUT2D eigenvalue weighted by molar-refractivity contribution is -0.141. The smallest absolute Gasteiger partial charge is 0.433 e. The Kier molecular flexibility index (Phi) is 7.22. The molecule has 0 amide bonds. The summed E-state index contributed by atoms with van der Waals surface area (Å²) in [5.74, 6) is 0.886. The number of nitrogens with zero attached hydrogens (tertiary/aromatic N) is 5. The lowest BCUT2D eigenvalue weighted by Crippen LogP contribution is -2.52. The molecule has 0 atom stereocenters. The van der Waals surface area contributed by atoms with Crippen molar-refractivity contribution in [2.45, 2.75) is 44.6 Å². The maximum absolute atomic E-state index is 12.6. The number of pyridine rings is 1. The lowest BCUT2D eigenvalue weighted by Gasteiger charge is -2.43. The van der Waals surface area contributed by atoms with Gasteiger partial charge in [-0.1, -0.05) is 24.6 Å². The van der Waals surface area contributed by atoms with Gasteiger partial charge in [0.1, 0.15) is 18.1 Å². The van der Waals surface area contributed by atoms with Gasteiger partial charge in [0.15, 0.2) is 0 Å². The number of alkyl halides is 3. The van der Waals surface area contributed by atoms with Crippen LogP contribution in [-0.4, -0.2) is 52.3 Å². The normalized spacial score (nSPS) is 17.0. The van der Waals surface area contributed by atoms with Crippen molar-refractivity contribution in [3.05, 3.63) is 71.5 Å². The van der Waals surface area contributed by atoms with Crippen molar-refractivity contribution < 1.29 is 17.9 Å². The fraction of sp³-hybridized carbons (Fsp3) is 0.423. The summed E-state index contributed by atoms with van der Waals surface area (Å²) < 4.78 is 43.3. The second-order valence-electron chi connectivity index (χ2n) is 9.22. The molecule has 1 saturated heterocycles. The van der Waals surface area contributed by atoms with Gasteiger partial charge >= 0.3 is 6.18 Å². The van der Waals surface area contributed by atoms with Crippen LogP contribution in [0.4, 0.5) is 24.7 Å². The van der Waals surface area contributed by atoms with Gasteiger partial charge < -0.3 is 15.0 Å². The van der Waals surface area contributed by atoms with Crippen molar-refractivity contribution in [2.75, 3.05) is 36.4 Å². The monoisotopic (exact) mass is 498 g/mol. The Morgan fingerprint density at radius 2 is 1.64 bits per heavy atom. The van der Waals surface area contributed by atoms with Crippen molar-refractivity contribution in [3.8, 4) is 5.88 Å². The van der Waals surface area contributed by atoms with Gasteiger partial charge in [-0.15, -0.1) is 10.2 Å². The number of benzene rings is 1. The lowest BCUT2D eigenvalue weighted by atomic mass is 9.91. The van der Waals surface area contributed by atoms with Crippen molar-refractivity contribution in [1.82, 2.24) is 20.1 Å². The fourth-order valence-corrected chi connectivity index (χ4v) is 4.44. The predicted molar refractivity (Wildman–Crippen MR) is 131 cm³/mol. The van der Waals surface area contributed by atoms with Crippen LogP contribution in [0.1, 0.15) is 36.1 Å². The SMILES string of the molecule is FC(F)(F)c1ccc(COc2ccc(NCc3ccc(N4CCN(C5CCC5)CC4)cc3)nn2)cn1. The third-order valence-corrected chi connectivity index (χ3v) is 6.82. The first kappa shape index (κ1) is 24.3. The number of piperazine rings is 1. The Balaban J connectivity index is 1.06. The van der Waals surface area contributed by atoms with Crippen molar-refractivity contribution >= 4 is 11.5 Å². The van der Waals surface area contributed by atoms with E-state index in [0.717, 1.165) is 50.0 Å².